The summed E-state index contributed by atoms with van der Waals surface area (Å²) < 4.78 is 7.46. The van der Waals surface area contributed by atoms with Crippen LogP contribution in [0, 0.1) is 13.8 Å². The summed E-state index contributed by atoms with van der Waals surface area (Å²) in [5.74, 6) is -0.172. The van der Waals surface area contributed by atoms with Crippen LogP contribution in [0.15, 0.2) is 59.0 Å². The van der Waals surface area contributed by atoms with Gasteiger partial charge in [0, 0.05) is 29.2 Å². The largest absolute Gasteiger partial charge is 0.428 e. The first kappa shape index (κ1) is 17.4. The summed E-state index contributed by atoms with van der Waals surface area (Å²) in [4.78, 5) is 16.6. The molecule has 0 atom stereocenters. The van der Waals surface area contributed by atoms with Gasteiger partial charge in [-0.1, -0.05) is 18.2 Å². The molecule has 4 rings (SSSR count). The van der Waals surface area contributed by atoms with Crippen LogP contribution in [-0.4, -0.2) is 15.5 Å². The molecule has 0 bridgehead atoms. The van der Waals surface area contributed by atoms with Crippen LogP contribution in [0.4, 0.5) is 0 Å². The first-order chi connectivity index (χ1) is 13.0. The lowest BCUT2D eigenvalue weighted by Crippen LogP contribution is -2.23. The van der Waals surface area contributed by atoms with Crippen LogP contribution in [0.5, 0.6) is 0 Å². The van der Waals surface area contributed by atoms with Crippen molar-refractivity contribution < 1.29 is 9.21 Å². The highest BCUT2D eigenvalue weighted by atomic mass is 35.5. The standard InChI is InChI=1S/C21H18ClN3O2/c1-13-10-16(14(2)25(13)17-6-4-3-5-7-17)12-23-20(26)15-8-9-18-19(11-15)27-21(22)24-18/h3-11H,12H2,1-2H3,(H,23,26). The van der Waals surface area contributed by atoms with Gasteiger partial charge in [0.25, 0.3) is 11.3 Å². The first-order valence-electron chi connectivity index (χ1n) is 8.60. The number of nitrogens with zero attached hydrogens (tertiary/aromatic N) is 2. The number of carbonyl (C=O) groups is 1. The van der Waals surface area contributed by atoms with Gasteiger partial charge in [0.2, 0.25) is 0 Å². The Morgan fingerprint density at radius 1 is 1.15 bits per heavy atom. The predicted octanol–water partition coefficient (Wildman–Crippen LogP) is 4.82. The smallest absolute Gasteiger partial charge is 0.293 e. The highest BCUT2D eigenvalue weighted by Crippen LogP contribution is 2.22. The monoisotopic (exact) mass is 379 g/mol. The van der Waals surface area contributed by atoms with Gasteiger partial charge in [-0.05, 0) is 67.4 Å². The molecule has 0 unspecified atom stereocenters. The molecule has 27 heavy (non-hydrogen) atoms. The van der Waals surface area contributed by atoms with E-state index in [4.69, 9.17) is 16.0 Å². The first-order valence-corrected chi connectivity index (χ1v) is 8.98. The van der Waals surface area contributed by atoms with E-state index in [1.54, 1.807) is 18.2 Å². The van der Waals surface area contributed by atoms with Crippen LogP contribution in [0.3, 0.4) is 0 Å². The van der Waals surface area contributed by atoms with E-state index in [1.807, 2.05) is 18.2 Å². The predicted molar refractivity (Wildman–Crippen MR) is 105 cm³/mol. The van der Waals surface area contributed by atoms with Crippen LogP contribution < -0.4 is 5.32 Å². The minimum Gasteiger partial charge on any atom is -0.428 e. The van der Waals surface area contributed by atoms with Crippen LogP contribution in [0.25, 0.3) is 16.8 Å². The van der Waals surface area contributed by atoms with Gasteiger partial charge in [0.1, 0.15) is 5.52 Å². The third-order valence-electron chi connectivity index (χ3n) is 4.61. The van der Waals surface area contributed by atoms with Crippen LogP contribution in [0.1, 0.15) is 27.3 Å². The fourth-order valence-corrected chi connectivity index (χ4v) is 3.47. The summed E-state index contributed by atoms with van der Waals surface area (Å²) in [5, 5.41) is 3.04. The molecule has 1 amide bonds. The number of aromatic nitrogens is 2. The molecule has 2 aromatic carbocycles. The average Bonchev–Trinajstić information content (AvgIpc) is 3.17. The molecular weight excluding hydrogens is 362 g/mol. The highest BCUT2D eigenvalue weighted by molar-refractivity contribution is 6.28. The molecule has 0 fully saturated rings. The number of oxazole rings is 1. The molecule has 136 valence electrons. The van der Waals surface area contributed by atoms with Gasteiger partial charge < -0.3 is 14.3 Å². The Labute approximate surface area is 161 Å². The maximum Gasteiger partial charge on any atom is 0.293 e. The molecule has 2 aromatic heterocycles. The molecule has 0 saturated carbocycles. The fraction of sp³-hybridized carbons (Fsp3) is 0.143. The number of halogens is 1. The fourth-order valence-electron chi connectivity index (χ4n) is 3.30. The normalized spacial score (nSPS) is 11.1. The van der Waals surface area contributed by atoms with Crippen molar-refractivity contribution in [2.45, 2.75) is 20.4 Å². The third kappa shape index (κ3) is 3.34. The maximum absolute atomic E-state index is 12.5. The molecule has 2 heterocycles. The highest BCUT2D eigenvalue weighted by Gasteiger charge is 2.13. The number of benzene rings is 2. The van der Waals surface area contributed by atoms with Crippen molar-refractivity contribution in [1.82, 2.24) is 14.9 Å². The quantitative estimate of drug-likeness (QED) is 0.553. The Bertz CT molecular complexity index is 1130. The van der Waals surface area contributed by atoms with E-state index in [0.29, 0.717) is 23.2 Å². The molecule has 0 aliphatic heterocycles. The van der Waals surface area contributed by atoms with Gasteiger partial charge in [-0.3, -0.25) is 4.79 Å². The lowest BCUT2D eigenvalue weighted by molar-refractivity contribution is 0.0951. The van der Waals surface area contributed by atoms with E-state index in [-0.39, 0.29) is 11.3 Å². The summed E-state index contributed by atoms with van der Waals surface area (Å²) in [6, 6.07) is 17.4. The molecular formula is C21H18ClN3O2. The Morgan fingerprint density at radius 3 is 2.70 bits per heavy atom. The second kappa shape index (κ2) is 6.93. The molecule has 0 aliphatic rings. The summed E-state index contributed by atoms with van der Waals surface area (Å²) in [7, 11) is 0. The van der Waals surface area contributed by atoms with Crippen molar-refractivity contribution in [3.8, 4) is 5.69 Å². The zero-order chi connectivity index (χ0) is 19.0. The molecule has 0 spiro atoms. The third-order valence-corrected chi connectivity index (χ3v) is 4.78. The second-order valence-electron chi connectivity index (χ2n) is 6.40. The lowest BCUT2D eigenvalue weighted by Gasteiger charge is -2.10. The summed E-state index contributed by atoms with van der Waals surface area (Å²) in [6.45, 7) is 4.57. The van der Waals surface area contributed by atoms with Gasteiger partial charge in [0.15, 0.2) is 5.58 Å². The number of aryl methyl sites for hydroxylation is 1. The van der Waals surface area contributed by atoms with Crippen LogP contribution >= 0.6 is 11.6 Å². The Kier molecular flexibility index (Phi) is 4.46. The zero-order valence-electron chi connectivity index (χ0n) is 15.0. The van der Waals surface area contributed by atoms with E-state index in [9.17, 15) is 4.79 Å². The Balaban J connectivity index is 1.53. The number of amides is 1. The number of hydrogen-bond acceptors (Lipinski definition) is 3. The SMILES string of the molecule is Cc1cc(CNC(=O)c2ccc3nc(Cl)oc3c2)c(C)n1-c1ccccc1. The number of hydrogen-bond donors (Lipinski definition) is 1. The second-order valence-corrected chi connectivity index (χ2v) is 6.72. The molecule has 6 heteroatoms. The van der Waals surface area contributed by atoms with E-state index in [0.717, 1.165) is 22.6 Å². The number of nitrogens with one attached hydrogen (secondary N) is 1. The van der Waals surface area contributed by atoms with Gasteiger partial charge in [-0.15, -0.1) is 0 Å². The minimum atomic E-state index is -0.172. The Morgan fingerprint density at radius 2 is 1.93 bits per heavy atom. The van der Waals surface area contributed by atoms with Gasteiger partial charge >= 0.3 is 0 Å². The topological polar surface area (TPSA) is 60.1 Å². The average molecular weight is 380 g/mol. The van der Waals surface area contributed by atoms with E-state index < -0.39 is 0 Å². The van der Waals surface area contributed by atoms with E-state index >= 15 is 0 Å². The van der Waals surface area contributed by atoms with Crippen molar-refractivity contribution in [2.24, 2.45) is 0 Å². The van der Waals surface area contributed by atoms with Crippen molar-refractivity contribution in [3.63, 3.8) is 0 Å². The molecule has 0 radical (unpaired) electrons. The number of fused-ring (bicyclic) bond motifs is 1. The Hall–Kier alpha value is -3.05. The van der Waals surface area contributed by atoms with Gasteiger partial charge in [-0.25, -0.2) is 0 Å². The van der Waals surface area contributed by atoms with Crippen molar-refractivity contribution >= 4 is 28.6 Å². The van der Waals surface area contributed by atoms with E-state index in [1.165, 1.54) is 0 Å². The van der Waals surface area contributed by atoms with Crippen LogP contribution in [-0.2, 0) is 6.54 Å². The maximum atomic E-state index is 12.5. The number of carbonyl (C=O) groups excluding carboxylic acids is 1. The van der Waals surface area contributed by atoms with Crippen molar-refractivity contribution in [2.75, 3.05) is 0 Å². The van der Waals surface area contributed by atoms with E-state index in [2.05, 4.69) is 46.9 Å². The minimum absolute atomic E-state index is 0.0657. The molecule has 4 aromatic rings. The summed E-state index contributed by atoms with van der Waals surface area (Å²) >= 11 is 5.76. The summed E-state index contributed by atoms with van der Waals surface area (Å²) in [6.07, 6.45) is 0. The van der Waals surface area contributed by atoms with Gasteiger partial charge in [-0.2, -0.15) is 4.98 Å². The molecule has 0 saturated heterocycles. The van der Waals surface area contributed by atoms with Crippen molar-refractivity contribution in [1.29, 1.82) is 0 Å². The number of para-hydroxylation sites is 1. The molecule has 1 N–H and O–H groups in total. The molecule has 0 aliphatic carbocycles. The van der Waals surface area contributed by atoms with Gasteiger partial charge in [0.05, 0.1) is 0 Å². The number of rotatable bonds is 4. The molecule has 5 nitrogen and oxygen atoms in total. The lowest BCUT2D eigenvalue weighted by atomic mass is 10.2. The van der Waals surface area contributed by atoms with Crippen molar-refractivity contribution in [3.05, 3.63) is 82.5 Å². The zero-order valence-corrected chi connectivity index (χ0v) is 15.7. The van der Waals surface area contributed by atoms with Crippen LogP contribution in [0.2, 0.25) is 5.35 Å². The summed E-state index contributed by atoms with van der Waals surface area (Å²) in [5.41, 5.74) is 6.05.